The summed E-state index contributed by atoms with van der Waals surface area (Å²) in [5.41, 5.74) is -0.0713. The molecule has 0 spiro atoms. The molecule has 0 heterocycles. The average Bonchev–Trinajstić information content (AvgIpc) is 2.41. The minimum Gasteiger partial charge on any atom is -0.484 e. The number of rotatable bonds is 8. The van der Waals surface area contributed by atoms with Gasteiger partial charge in [-0.3, -0.25) is 14.9 Å². The number of hydrogen-bond acceptors (Lipinski definition) is 5. The van der Waals surface area contributed by atoms with Crippen molar-refractivity contribution in [3.05, 3.63) is 34.4 Å². The van der Waals surface area contributed by atoms with Gasteiger partial charge in [-0.15, -0.1) is 0 Å². The fourth-order valence-corrected chi connectivity index (χ4v) is 1.33. The summed E-state index contributed by atoms with van der Waals surface area (Å²) in [5.74, 6) is 0.0175. The van der Waals surface area contributed by atoms with E-state index >= 15 is 0 Å². The maximum absolute atomic E-state index is 11.4. The maximum atomic E-state index is 11.4. The van der Waals surface area contributed by atoms with Crippen LogP contribution in [-0.2, 0) is 9.53 Å². The van der Waals surface area contributed by atoms with E-state index in [0.29, 0.717) is 18.9 Å². The zero-order valence-corrected chi connectivity index (χ0v) is 10.6. The Labute approximate surface area is 110 Å². The van der Waals surface area contributed by atoms with E-state index in [9.17, 15) is 14.9 Å². The van der Waals surface area contributed by atoms with Crippen molar-refractivity contribution in [2.24, 2.45) is 0 Å². The van der Waals surface area contributed by atoms with Crippen molar-refractivity contribution in [2.45, 2.75) is 6.42 Å². The van der Waals surface area contributed by atoms with Gasteiger partial charge >= 0.3 is 0 Å². The number of amides is 1. The standard InChI is InChI=1S/C12H16N2O5/c1-18-7-3-6-13-12(15)9-19-11-5-2-4-10(8-11)14(16)17/h2,4-5,8H,3,6-7,9H2,1H3,(H,13,15). The molecule has 0 fully saturated rings. The van der Waals surface area contributed by atoms with Crippen LogP contribution in [0.4, 0.5) is 5.69 Å². The predicted octanol–water partition coefficient (Wildman–Crippen LogP) is 1.13. The van der Waals surface area contributed by atoms with Gasteiger partial charge < -0.3 is 14.8 Å². The van der Waals surface area contributed by atoms with Crippen LogP contribution >= 0.6 is 0 Å². The number of carbonyl (C=O) groups excluding carboxylic acids is 1. The van der Waals surface area contributed by atoms with E-state index in [1.165, 1.54) is 18.2 Å². The lowest BCUT2D eigenvalue weighted by atomic mass is 10.3. The van der Waals surface area contributed by atoms with Gasteiger partial charge in [0.25, 0.3) is 11.6 Å². The Morgan fingerprint density at radius 1 is 1.47 bits per heavy atom. The fraction of sp³-hybridized carbons (Fsp3) is 0.417. The zero-order valence-electron chi connectivity index (χ0n) is 10.6. The third-order valence-electron chi connectivity index (χ3n) is 2.25. The molecule has 0 saturated carbocycles. The number of carbonyl (C=O) groups is 1. The normalized spacial score (nSPS) is 9.95. The maximum Gasteiger partial charge on any atom is 0.273 e. The lowest BCUT2D eigenvalue weighted by Gasteiger charge is -2.07. The van der Waals surface area contributed by atoms with Gasteiger partial charge in [0.05, 0.1) is 11.0 Å². The van der Waals surface area contributed by atoms with Gasteiger partial charge in [0.2, 0.25) is 0 Å². The number of methoxy groups -OCH3 is 1. The molecule has 0 atom stereocenters. The van der Waals surface area contributed by atoms with E-state index in [-0.39, 0.29) is 18.2 Å². The van der Waals surface area contributed by atoms with Crippen LogP contribution in [0.1, 0.15) is 6.42 Å². The van der Waals surface area contributed by atoms with Gasteiger partial charge in [0.1, 0.15) is 5.75 Å². The molecule has 7 heteroatoms. The Morgan fingerprint density at radius 2 is 2.26 bits per heavy atom. The Balaban J connectivity index is 2.33. The van der Waals surface area contributed by atoms with E-state index in [0.717, 1.165) is 6.42 Å². The van der Waals surface area contributed by atoms with Crippen LogP contribution < -0.4 is 10.1 Å². The smallest absolute Gasteiger partial charge is 0.273 e. The molecule has 19 heavy (non-hydrogen) atoms. The van der Waals surface area contributed by atoms with Crippen molar-refractivity contribution >= 4 is 11.6 Å². The summed E-state index contributed by atoms with van der Waals surface area (Å²) in [4.78, 5) is 21.4. The summed E-state index contributed by atoms with van der Waals surface area (Å²) in [6.45, 7) is 0.908. The van der Waals surface area contributed by atoms with Crippen molar-refractivity contribution < 1.29 is 19.2 Å². The summed E-state index contributed by atoms with van der Waals surface area (Å²) in [6.07, 6.45) is 0.721. The van der Waals surface area contributed by atoms with E-state index in [4.69, 9.17) is 9.47 Å². The first-order valence-corrected chi connectivity index (χ1v) is 5.76. The summed E-state index contributed by atoms with van der Waals surface area (Å²) in [7, 11) is 1.59. The zero-order chi connectivity index (χ0) is 14.1. The van der Waals surface area contributed by atoms with Crippen LogP contribution in [0.15, 0.2) is 24.3 Å². The predicted molar refractivity (Wildman–Crippen MR) is 68.1 cm³/mol. The highest BCUT2D eigenvalue weighted by molar-refractivity contribution is 5.77. The molecule has 0 aliphatic heterocycles. The van der Waals surface area contributed by atoms with Crippen molar-refractivity contribution in [1.82, 2.24) is 5.32 Å². The number of nitrogens with zero attached hydrogens (tertiary/aromatic N) is 1. The number of ether oxygens (including phenoxy) is 2. The Kier molecular flexibility index (Phi) is 6.31. The molecule has 0 aliphatic carbocycles. The van der Waals surface area contributed by atoms with Crippen LogP contribution in [0, 0.1) is 10.1 Å². The van der Waals surface area contributed by atoms with Gasteiger partial charge in [-0.05, 0) is 12.5 Å². The molecule has 0 saturated heterocycles. The van der Waals surface area contributed by atoms with Crippen LogP contribution in [0.2, 0.25) is 0 Å². The largest absolute Gasteiger partial charge is 0.484 e. The third-order valence-corrected chi connectivity index (χ3v) is 2.25. The van der Waals surface area contributed by atoms with Crippen molar-refractivity contribution in [1.29, 1.82) is 0 Å². The number of non-ortho nitro benzene ring substituents is 1. The number of benzene rings is 1. The van der Waals surface area contributed by atoms with Crippen molar-refractivity contribution in [2.75, 3.05) is 26.9 Å². The first-order valence-electron chi connectivity index (χ1n) is 5.76. The van der Waals surface area contributed by atoms with Crippen molar-refractivity contribution in [3.63, 3.8) is 0 Å². The fourth-order valence-electron chi connectivity index (χ4n) is 1.33. The first-order chi connectivity index (χ1) is 9.13. The van der Waals surface area contributed by atoms with Crippen LogP contribution in [0.3, 0.4) is 0 Å². The van der Waals surface area contributed by atoms with E-state index in [1.807, 2.05) is 0 Å². The Bertz CT molecular complexity index is 436. The molecule has 1 aromatic rings. The van der Waals surface area contributed by atoms with Gasteiger partial charge in [-0.1, -0.05) is 6.07 Å². The Hall–Kier alpha value is -2.15. The minimum absolute atomic E-state index is 0.0713. The van der Waals surface area contributed by atoms with Gasteiger partial charge in [0, 0.05) is 26.3 Å². The van der Waals surface area contributed by atoms with E-state index in [1.54, 1.807) is 13.2 Å². The highest BCUT2D eigenvalue weighted by atomic mass is 16.6. The molecule has 1 aromatic carbocycles. The van der Waals surface area contributed by atoms with Gasteiger partial charge in [-0.2, -0.15) is 0 Å². The number of nitrogens with one attached hydrogen (secondary N) is 1. The second-order valence-electron chi connectivity index (χ2n) is 3.74. The molecule has 0 radical (unpaired) electrons. The molecule has 1 rings (SSSR count). The highest BCUT2D eigenvalue weighted by Gasteiger charge is 2.07. The molecular weight excluding hydrogens is 252 g/mol. The topological polar surface area (TPSA) is 90.7 Å². The lowest BCUT2D eigenvalue weighted by Crippen LogP contribution is -2.30. The SMILES string of the molecule is COCCCNC(=O)COc1cccc([N+](=O)[O-])c1. The van der Waals surface area contributed by atoms with Crippen molar-refractivity contribution in [3.8, 4) is 5.75 Å². The third kappa shape index (κ3) is 5.82. The summed E-state index contributed by atoms with van der Waals surface area (Å²) < 4.78 is 10.0. The van der Waals surface area contributed by atoms with Crippen LogP contribution in [-0.4, -0.2) is 37.7 Å². The summed E-state index contributed by atoms with van der Waals surface area (Å²) >= 11 is 0. The second-order valence-corrected chi connectivity index (χ2v) is 3.74. The Morgan fingerprint density at radius 3 is 2.95 bits per heavy atom. The number of nitro groups is 1. The van der Waals surface area contributed by atoms with E-state index in [2.05, 4.69) is 5.32 Å². The number of hydrogen-bond donors (Lipinski definition) is 1. The molecule has 0 aromatic heterocycles. The second kappa shape index (κ2) is 8.04. The molecule has 1 N–H and O–H groups in total. The highest BCUT2D eigenvalue weighted by Crippen LogP contribution is 2.18. The van der Waals surface area contributed by atoms with Crippen LogP contribution in [0.25, 0.3) is 0 Å². The van der Waals surface area contributed by atoms with Crippen LogP contribution in [0.5, 0.6) is 5.75 Å². The quantitative estimate of drug-likeness (QED) is 0.433. The summed E-state index contributed by atoms with van der Waals surface area (Å²) in [5, 5.41) is 13.2. The first kappa shape index (κ1) is 14.9. The monoisotopic (exact) mass is 268 g/mol. The minimum atomic E-state index is -0.516. The molecule has 0 unspecified atom stereocenters. The molecular formula is C12H16N2O5. The van der Waals surface area contributed by atoms with E-state index < -0.39 is 4.92 Å². The molecule has 7 nitrogen and oxygen atoms in total. The molecule has 0 aliphatic rings. The average molecular weight is 268 g/mol. The lowest BCUT2D eigenvalue weighted by molar-refractivity contribution is -0.384. The summed E-state index contributed by atoms with van der Waals surface area (Å²) in [6, 6.07) is 5.70. The molecule has 1 amide bonds. The molecule has 0 bridgehead atoms. The molecule has 104 valence electrons. The van der Waals surface area contributed by atoms with Gasteiger partial charge in [0.15, 0.2) is 6.61 Å². The van der Waals surface area contributed by atoms with Gasteiger partial charge in [-0.25, -0.2) is 0 Å². The number of nitro benzene ring substituents is 1.